The molecule has 0 fully saturated rings. The molecular weight excluding hydrogens is 226 g/mol. The molecule has 2 aromatic heterocycles. The van der Waals surface area contributed by atoms with E-state index in [9.17, 15) is 0 Å². The van der Waals surface area contributed by atoms with E-state index in [2.05, 4.69) is 27.6 Å². The molecule has 3 nitrogen and oxygen atoms in total. The lowest BCUT2D eigenvalue weighted by atomic mass is 10.3. The van der Waals surface area contributed by atoms with Crippen LogP contribution < -0.4 is 5.32 Å². The zero-order valence-electron chi connectivity index (χ0n) is 8.56. The first-order valence-corrected chi connectivity index (χ1v) is 6.74. The number of nitrogens with one attached hydrogen (secondary N) is 1. The van der Waals surface area contributed by atoms with Crippen LogP contribution in [0.4, 0.5) is 5.13 Å². The summed E-state index contributed by atoms with van der Waals surface area (Å²) >= 11 is 3.28. The van der Waals surface area contributed by atoms with Gasteiger partial charge in [0.2, 0.25) is 0 Å². The molecular formula is C10H13N3S2. The van der Waals surface area contributed by atoms with Crippen LogP contribution in [0, 0.1) is 0 Å². The summed E-state index contributed by atoms with van der Waals surface area (Å²) in [6, 6.07) is 0. The third-order valence-corrected chi connectivity index (χ3v) is 3.59. The quantitative estimate of drug-likeness (QED) is 0.812. The Bertz CT molecular complexity index is 394. The molecule has 80 valence electrons. The van der Waals surface area contributed by atoms with Gasteiger partial charge in [-0.25, -0.2) is 4.98 Å². The number of unbranched alkanes of at least 4 members (excludes halogenated alkanes) is 1. The molecule has 1 N–H and O–H groups in total. The van der Waals surface area contributed by atoms with E-state index in [4.69, 9.17) is 0 Å². The second-order valence-electron chi connectivity index (χ2n) is 3.18. The zero-order valence-corrected chi connectivity index (χ0v) is 10.2. The van der Waals surface area contributed by atoms with Gasteiger partial charge in [-0.2, -0.15) is 0 Å². The van der Waals surface area contributed by atoms with Gasteiger partial charge in [0.1, 0.15) is 0 Å². The highest BCUT2D eigenvalue weighted by Gasteiger charge is 2.04. The Hall–Kier alpha value is -0.940. The Morgan fingerprint density at radius 1 is 1.40 bits per heavy atom. The number of thiazole rings is 2. The van der Waals surface area contributed by atoms with E-state index >= 15 is 0 Å². The zero-order chi connectivity index (χ0) is 10.5. The maximum atomic E-state index is 4.50. The van der Waals surface area contributed by atoms with Crippen LogP contribution in [0.1, 0.15) is 19.8 Å². The van der Waals surface area contributed by atoms with E-state index in [-0.39, 0.29) is 0 Å². The van der Waals surface area contributed by atoms with Crippen molar-refractivity contribution in [1.82, 2.24) is 9.97 Å². The number of hydrogen-bond donors (Lipinski definition) is 1. The molecule has 0 saturated heterocycles. The molecule has 0 atom stereocenters. The van der Waals surface area contributed by atoms with E-state index in [1.807, 2.05) is 11.7 Å². The minimum Gasteiger partial charge on any atom is -0.362 e. The SMILES string of the molecule is CCCCNc1nc(-c2cncs2)cs1. The largest absolute Gasteiger partial charge is 0.362 e. The summed E-state index contributed by atoms with van der Waals surface area (Å²) in [4.78, 5) is 9.68. The van der Waals surface area contributed by atoms with Crippen LogP contribution in [-0.4, -0.2) is 16.5 Å². The van der Waals surface area contributed by atoms with E-state index < -0.39 is 0 Å². The number of rotatable bonds is 5. The highest BCUT2D eigenvalue weighted by atomic mass is 32.1. The van der Waals surface area contributed by atoms with E-state index in [0.29, 0.717) is 0 Å². The van der Waals surface area contributed by atoms with Crippen LogP contribution in [-0.2, 0) is 0 Å². The fourth-order valence-electron chi connectivity index (χ4n) is 1.18. The summed E-state index contributed by atoms with van der Waals surface area (Å²) in [5.41, 5.74) is 2.86. The first-order valence-electron chi connectivity index (χ1n) is 4.98. The van der Waals surface area contributed by atoms with Crippen molar-refractivity contribution in [3.05, 3.63) is 17.1 Å². The summed E-state index contributed by atoms with van der Waals surface area (Å²) in [6.07, 6.45) is 4.26. The van der Waals surface area contributed by atoms with Gasteiger partial charge in [-0.05, 0) is 6.42 Å². The second-order valence-corrected chi connectivity index (χ2v) is 4.93. The molecule has 0 aliphatic carbocycles. The molecule has 2 heterocycles. The molecule has 0 amide bonds. The summed E-state index contributed by atoms with van der Waals surface area (Å²) in [7, 11) is 0. The van der Waals surface area contributed by atoms with Crippen LogP contribution in [0.2, 0.25) is 0 Å². The van der Waals surface area contributed by atoms with Crippen LogP contribution in [0.25, 0.3) is 10.6 Å². The normalized spacial score (nSPS) is 10.5. The molecule has 0 aliphatic heterocycles. The fourth-order valence-corrected chi connectivity index (χ4v) is 2.58. The Balaban J connectivity index is 1.98. The van der Waals surface area contributed by atoms with Gasteiger partial charge in [0.15, 0.2) is 5.13 Å². The third-order valence-electron chi connectivity index (χ3n) is 2.00. The maximum Gasteiger partial charge on any atom is 0.183 e. The predicted molar refractivity (Wildman–Crippen MR) is 66.6 cm³/mol. The number of nitrogens with zero attached hydrogens (tertiary/aromatic N) is 2. The van der Waals surface area contributed by atoms with Crippen molar-refractivity contribution in [2.75, 3.05) is 11.9 Å². The van der Waals surface area contributed by atoms with Crippen molar-refractivity contribution in [3.8, 4) is 10.6 Å². The molecule has 0 saturated carbocycles. The topological polar surface area (TPSA) is 37.8 Å². The van der Waals surface area contributed by atoms with Gasteiger partial charge >= 0.3 is 0 Å². The molecule has 0 unspecified atom stereocenters. The molecule has 0 bridgehead atoms. The minimum atomic E-state index is 1.01. The lowest BCUT2D eigenvalue weighted by Gasteiger charge is -1.98. The van der Waals surface area contributed by atoms with Crippen molar-refractivity contribution < 1.29 is 0 Å². The van der Waals surface area contributed by atoms with Gasteiger partial charge in [-0.3, -0.25) is 4.98 Å². The number of anilines is 1. The Kier molecular flexibility index (Phi) is 3.69. The fraction of sp³-hybridized carbons (Fsp3) is 0.400. The van der Waals surface area contributed by atoms with Gasteiger partial charge in [-0.1, -0.05) is 13.3 Å². The monoisotopic (exact) mass is 239 g/mol. The average Bonchev–Trinajstić information content (AvgIpc) is 2.87. The third kappa shape index (κ3) is 2.76. The first kappa shape index (κ1) is 10.6. The van der Waals surface area contributed by atoms with Crippen molar-refractivity contribution >= 4 is 27.8 Å². The summed E-state index contributed by atoms with van der Waals surface area (Å²) in [5, 5.41) is 6.40. The van der Waals surface area contributed by atoms with E-state index in [0.717, 1.165) is 22.2 Å². The van der Waals surface area contributed by atoms with Crippen LogP contribution in [0.3, 0.4) is 0 Å². The number of hydrogen-bond acceptors (Lipinski definition) is 5. The van der Waals surface area contributed by atoms with Crippen molar-refractivity contribution in [1.29, 1.82) is 0 Å². The molecule has 2 rings (SSSR count). The highest BCUT2D eigenvalue weighted by molar-refractivity contribution is 7.15. The standard InChI is InChI=1S/C10H13N3S2/c1-2-3-4-12-10-13-8(6-14-10)9-5-11-7-15-9/h5-7H,2-4H2,1H3,(H,12,13). The molecule has 0 spiro atoms. The van der Waals surface area contributed by atoms with E-state index in [1.54, 1.807) is 22.7 Å². The van der Waals surface area contributed by atoms with Crippen LogP contribution in [0.5, 0.6) is 0 Å². The van der Waals surface area contributed by atoms with Gasteiger partial charge < -0.3 is 5.32 Å². The molecule has 0 aromatic carbocycles. The van der Waals surface area contributed by atoms with Gasteiger partial charge in [0, 0.05) is 18.1 Å². The van der Waals surface area contributed by atoms with Crippen LogP contribution >= 0.6 is 22.7 Å². The lowest BCUT2D eigenvalue weighted by molar-refractivity contribution is 0.833. The summed E-state index contributed by atoms with van der Waals surface area (Å²) in [5.74, 6) is 0. The maximum absolute atomic E-state index is 4.50. The van der Waals surface area contributed by atoms with Gasteiger partial charge in [-0.15, -0.1) is 22.7 Å². The van der Waals surface area contributed by atoms with Gasteiger partial charge in [0.25, 0.3) is 0 Å². The Morgan fingerprint density at radius 2 is 2.33 bits per heavy atom. The van der Waals surface area contributed by atoms with Crippen molar-refractivity contribution in [2.24, 2.45) is 0 Å². The average molecular weight is 239 g/mol. The summed E-state index contributed by atoms with van der Waals surface area (Å²) in [6.45, 7) is 3.19. The highest BCUT2D eigenvalue weighted by Crippen LogP contribution is 2.27. The smallest absolute Gasteiger partial charge is 0.183 e. The Labute approximate surface area is 97.2 Å². The van der Waals surface area contributed by atoms with Gasteiger partial charge in [0.05, 0.1) is 16.1 Å². The van der Waals surface area contributed by atoms with E-state index in [1.165, 1.54) is 12.8 Å². The minimum absolute atomic E-state index is 1.01. The molecule has 2 aromatic rings. The second kappa shape index (κ2) is 5.23. The molecule has 0 radical (unpaired) electrons. The lowest BCUT2D eigenvalue weighted by Crippen LogP contribution is -1.99. The predicted octanol–water partition coefficient (Wildman–Crippen LogP) is 3.48. The molecule has 15 heavy (non-hydrogen) atoms. The molecule has 5 heteroatoms. The Morgan fingerprint density at radius 3 is 3.07 bits per heavy atom. The van der Waals surface area contributed by atoms with Crippen LogP contribution in [0.15, 0.2) is 17.1 Å². The van der Waals surface area contributed by atoms with Crippen molar-refractivity contribution in [3.63, 3.8) is 0 Å². The number of aromatic nitrogens is 2. The first-order chi connectivity index (χ1) is 7.40. The van der Waals surface area contributed by atoms with Crippen molar-refractivity contribution in [2.45, 2.75) is 19.8 Å². The summed E-state index contributed by atoms with van der Waals surface area (Å²) < 4.78 is 0. The molecule has 0 aliphatic rings.